The lowest BCUT2D eigenvalue weighted by atomic mass is 10.1. The van der Waals surface area contributed by atoms with Crippen molar-refractivity contribution in [2.45, 2.75) is 13.0 Å². The van der Waals surface area contributed by atoms with Crippen LogP contribution in [0.2, 0.25) is 5.02 Å². The van der Waals surface area contributed by atoms with E-state index in [2.05, 4.69) is 10.4 Å². The predicted octanol–water partition coefficient (Wildman–Crippen LogP) is 1.89. The Bertz CT molecular complexity index is 809. The molecule has 1 aromatic carbocycles. The fraction of sp³-hybridized carbons (Fsp3) is 0.250. The van der Waals surface area contributed by atoms with Gasteiger partial charge in [0.2, 0.25) is 5.96 Å². The second-order valence-electron chi connectivity index (χ2n) is 5.15. The van der Waals surface area contributed by atoms with Gasteiger partial charge < -0.3 is 4.90 Å². The van der Waals surface area contributed by atoms with E-state index in [0.717, 1.165) is 5.56 Å². The fourth-order valence-corrected chi connectivity index (χ4v) is 2.23. The average molecular weight is 345 g/mol. The molecule has 0 fully saturated rings. The van der Waals surface area contributed by atoms with Crippen LogP contribution in [0.3, 0.4) is 0 Å². The number of nitrogens with zero attached hydrogens (tertiary/aromatic N) is 4. The molecule has 7 nitrogen and oxygen atoms in total. The van der Waals surface area contributed by atoms with Gasteiger partial charge in [-0.2, -0.15) is 10.4 Å². The van der Waals surface area contributed by atoms with Crippen LogP contribution in [0.4, 0.5) is 0 Å². The first-order valence-corrected chi connectivity index (χ1v) is 7.68. The Hall–Kier alpha value is -2.85. The van der Waals surface area contributed by atoms with E-state index in [1.807, 2.05) is 12.1 Å². The second kappa shape index (κ2) is 8.13. The van der Waals surface area contributed by atoms with E-state index < -0.39 is 0 Å². The van der Waals surface area contributed by atoms with E-state index in [1.54, 1.807) is 36.3 Å². The summed E-state index contributed by atoms with van der Waals surface area (Å²) >= 11 is 5.88. The molecule has 0 saturated heterocycles. The summed E-state index contributed by atoms with van der Waals surface area (Å²) in [6, 6.07) is 10.4. The summed E-state index contributed by atoms with van der Waals surface area (Å²) in [7, 11) is 1.70. The molecule has 0 aliphatic carbocycles. The van der Waals surface area contributed by atoms with Crippen LogP contribution in [-0.4, -0.2) is 34.2 Å². The number of hydrogen-bond acceptors (Lipinski definition) is 4. The molecule has 2 N–H and O–H groups in total. The van der Waals surface area contributed by atoms with Crippen molar-refractivity contribution in [1.82, 2.24) is 20.0 Å². The quantitative estimate of drug-likeness (QED) is 0.373. The van der Waals surface area contributed by atoms with Crippen LogP contribution in [-0.2, 0) is 6.54 Å². The van der Waals surface area contributed by atoms with E-state index in [1.165, 1.54) is 10.7 Å². The maximum atomic E-state index is 11.9. The number of benzene rings is 1. The number of nitrogens with one attached hydrogen (secondary N) is 2. The highest BCUT2D eigenvalue weighted by Crippen LogP contribution is 2.18. The zero-order chi connectivity index (χ0) is 17.5. The monoisotopic (exact) mass is 344 g/mol. The smallest absolute Gasteiger partial charge is 0.266 e. The summed E-state index contributed by atoms with van der Waals surface area (Å²) in [5, 5.41) is 23.3. The van der Waals surface area contributed by atoms with E-state index in [4.69, 9.17) is 22.3 Å². The summed E-state index contributed by atoms with van der Waals surface area (Å²) in [6.07, 6.45) is 2.32. The van der Waals surface area contributed by atoms with Crippen molar-refractivity contribution >= 4 is 17.6 Å². The van der Waals surface area contributed by atoms with Crippen molar-refractivity contribution in [1.29, 1.82) is 10.7 Å². The zero-order valence-corrected chi connectivity index (χ0v) is 13.9. The molecule has 0 bridgehead atoms. The summed E-state index contributed by atoms with van der Waals surface area (Å²) < 4.78 is 1.40. The molecule has 8 heteroatoms. The molecule has 2 rings (SSSR count). The van der Waals surface area contributed by atoms with Gasteiger partial charge in [0.1, 0.15) is 0 Å². The Kier molecular flexibility index (Phi) is 5.93. The third kappa shape index (κ3) is 4.57. The Morgan fingerprint density at radius 2 is 2.08 bits per heavy atom. The van der Waals surface area contributed by atoms with Crippen LogP contribution in [0.5, 0.6) is 0 Å². The van der Waals surface area contributed by atoms with Crippen LogP contribution in [0.1, 0.15) is 6.42 Å². The molecule has 2 aromatic rings. The molecule has 0 atom stereocenters. The van der Waals surface area contributed by atoms with Crippen molar-refractivity contribution in [2.75, 3.05) is 13.6 Å². The molecule has 124 valence electrons. The molecular weight excluding hydrogens is 328 g/mol. The highest BCUT2D eigenvalue weighted by Gasteiger charge is 2.06. The average Bonchev–Trinajstić information content (AvgIpc) is 2.57. The number of hydrogen-bond donors (Lipinski definition) is 2. The minimum Gasteiger partial charge on any atom is -0.345 e. The van der Waals surface area contributed by atoms with Crippen molar-refractivity contribution in [3.05, 3.63) is 51.8 Å². The molecule has 24 heavy (non-hydrogen) atoms. The molecule has 0 saturated carbocycles. The number of aromatic nitrogens is 2. The normalized spacial score (nSPS) is 10.0. The maximum absolute atomic E-state index is 11.9. The highest BCUT2D eigenvalue weighted by molar-refractivity contribution is 6.30. The Morgan fingerprint density at radius 3 is 2.75 bits per heavy atom. The number of rotatable bonds is 5. The molecule has 1 aromatic heterocycles. The van der Waals surface area contributed by atoms with E-state index >= 15 is 0 Å². The van der Waals surface area contributed by atoms with Gasteiger partial charge in [-0.25, -0.2) is 4.68 Å². The Labute approximate surface area is 144 Å². The summed E-state index contributed by atoms with van der Waals surface area (Å²) in [5.41, 5.74) is 1.39. The van der Waals surface area contributed by atoms with Gasteiger partial charge in [0.25, 0.3) is 5.56 Å². The van der Waals surface area contributed by atoms with Gasteiger partial charge in [0.15, 0.2) is 6.19 Å². The lowest BCUT2D eigenvalue weighted by Gasteiger charge is -2.18. The lowest BCUT2D eigenvalue weighted by Crippen LogP contribution is -2.36. The minimum atomic E-state index is -0.180. The number of nitriles is 1. The van der Waals surface area contributed by atoms with Crippen molar-refractivity contribution in [3.8, 4) is 17.5 Å². The van der Waals surface area contributed by atoms with Crippen LogP contribution < -0.4 is 10.9 Å². The standard InChI is InChI=1S/C16H17ClN6O/c1-22(16(19)20-11-18)9-2-10-23-15(24)8-7-14(21-23)12-3-5-13(17)6-4-12/h3-8H,2,9-10H2,1H3,(H2,19,20). The molecule has 0 spiro atoms. The third-order valence-corrected chi connectivity index (χ3v) is 3.68. The molecule has 0 unspecified atom stereocenters. The number of aryl methyl sites for hydroxylation is 1. The highest BCUT2D eigenvalue weighted by atomic mass is 35.5. The first-order chi connectivity index (χ1) is 11.5. The van der Waals surface area contributed by atoms with Crippen LogP contribution in [0, 0.1) is 16.9 Å². The minimum absolute atomic E-state index is 0.0210. The first kappa shape index (κ1) is 17.5. The topological polar surface area (TPSA) is 97.8 Å². The molecule has 1 heterocycles. The molecule has 0 amide bonds. The second-order valence-corrected chi connectivity index (χ2v) is 5.58. The summed E-state index contributed by atoms with van der Waals surface area (Å²) in [4.78, 5) is 13.5. The zero-order valence-electron chi connectivity index (χ0n) is 13.2. The summed E-state index contributed by atoms with van der Waals surface area (Å²) in [6.45, 7) is 0.942. The fourth-order valence-electron chi connectivity index (χ4n) is 2.10. The number of halogens is 1. The van der Waals surface area contributed by atoms with Gasteiger partial charge in [-0.05, 0) is 24.6 Å². The molecule has 0 aliphatic rings. The third-order valence-electron chi connectivity index (χ3n) is 3.43. The largest absolute Gasteiger partial charge is 0.345 e. The summed E-state index contributed by atoms with van der Waals surface area (Å²) in [5.74, 6) is 0.0210. The Balaban J connectivity index is 2.04. The van der Waals surface area contributed by atoms with Gasteiger partial charge in [0.05, 0.1) is 5.69 Å². The van der Waals surface area contributed by atoms with Crippen molar-refractivity contribution < 1.29 is 0 Å². The van der Waals surface area contributed by atoms with Gasteiger partial charge >= 0.3 is 0 Å². The van der Waals surface area contributed by atoms with Gasteiger partial charge in [-0.3, -0.25) is 15.5 Å². The molecule has 0 radical (unpaired) electrons. The van der Waals surface area contributed by atoms with Gasteiger partial charge in [0, 0.05) is 36.8 Å². The first-order valence-electron chi connectivity index (χ1n) is 7.30. The van der Waals surface area contributed by atoms with E-state index in [0.29, 0.717) is 30.2 Å². The van der Waals surface area contributed by atoms with E-state index in [-0.39, 0.29) is 11.5 Å². The van der Waals surface area contributed by atoms with Crippen LogP contribution >= 0.6 is 11.6 Å². The maximum Gasteiger partial charge on any atom is 0.266 e. The van der Waals surface area contributed by atoms with Gasteiger partial charge in [-0.15, -0.1) is 0 Å². The van der Waals surface area contributed by atoms with E-state index in [9.17, 15) is 4.79 Å². The predicted molar refractivity (Wildman–Crippen MR) is 92.7 cm³/mol. The number of guanidine groups is 1. The Morgan fingerprint density at radius 1 is 1.38 bits per heavy atom. The molecule has 0 aliphatic heterocycles. The SMILES string of the molecule is CN(CCCn1nc(-c2ccc(Cl)cc2)ccc1=O)C(=N)NC#N. The van der Waals surface area contributed by atoms with Crippen molar-refractivity contribution in [3.63, 3.8) is 0 Å². The lowest BCUT2D eigenvalue weighted by molar-refractivity contribution is 0.434. The van der Waals surface area contributed by atoms with Gasteiger partial charge in [-0.1, -0.05) is 23.7 Å². The molecular formula is C16H17ClN6O. The van der Waals surface area contributed by atoms with Crippen LogP contribution in [0.15, 0.2) is 41.2 Å². The van der Waals surface area contributed by atoms with Crippen molar-refractivity contribution in [2.24, 2.45) is 0 Å². The van der Waals surface area contributed by atoms with Crippen LogP contribution in [0.25, 0.3) is 11.3 Å².